The molecule has 0 bridgehead atoms. The molecule has 0 radical (unpaired) electrons. The van der Waals surface area contributed by atoms with Crippen LogP contribution in [0.2, 0.25) is 10.0 Å². The molecule has 0 saturated carbocycles. The van der Waals surface area contributed by atoms with E-state index < -0.39 is 28.6 Å². The number of carbonyl (C=O) groups is 2. The van der Waals surface area contributed by atoms with Gasteiger partial charge in [0.05, 0.1) is 23.7 Å². The first-order chi connectivity index (χ1) is 20.7. The van der Waals surface area contributed by atoms with Crippen molar-refractivity contribution < 1.29 is 22.7 Å². The zero-order chi connectivity index (χ0) is 30.4. The molecule has 222 valence electrons. The van der Waals surface area contributed by atoms with E-state index in [0.29, 0.717) is 35.0 Å². The van der Waals surface area contributed by atoms with Gasteiger partial charge in [-0.2, -0.15) is 4.31 Å². The number of sulfonamides is 1. The normalized spacial score (nSPS) is 14.6. The number of halogens is 2. The van der Waals surface area contributed by atoms with E-state index in [4.69, 9.17) is 27.9 Å². The molecule has 0 aliphatic carbocycles. The van der Waals surface area contributed by atoms with Crippen molar-refractivity contribution in [1.82, 2.24) is 9.62 Å². The maximum atomic E-state index is 13.9. The van der Waals surface area contributed by atoms with E-state index in [0.717, 1.165) is 9.87 Å². The summed E-state index contributed by atoms with van der Waals surface area (Å²) in [6.07, 6.45) is -0.350. The quantitative estimate of drug-likeness (QED) is 0.253. The van der Waals surface area contributed by atoms with Crippen LogP contribution < -0.4 is 15.0 Å². The molecule has 5 rings (SSSR count). The molecule has 8 nitrogen and oxygen atoms in total. The second-order valence-electron chi connectivity index (χ2n) is 9.93. The van der Waals surface area contributed by atoms with E-state index in [1.165, 1.54) is 23.1 Å². The van der Waals surface area contributed by atoms with Crippen molar-refractivity contribution in [2.75, 3.05) is 24.5 Å². The summed E-state index contributed by atoms with van der Waals surface area (Å²) in [6.45, 7) is -0.377. The predicted molar refractivity (Wildman–Crippen MR) is 167 cm³/mol. The first kappa shape index (κ1) is 30.6. The van der Waals surface area contributed by atoms with Gasteiger partial charge in [-0.3, -0.25) is 9.59 Å². The second kappa shape index (κ2) is 13.6. The van der Waals surface area contributed by atoms with Gasteiger partial charge in [0.15, 0.2) is 6.10 Å². The Balaban J connectivity index is 1.38. The first-order valence-corrected chi connectivity index (χ1v) is 15.8. The van der Waals surface area contributed by atoms with Gasteiger partial charge in [0, 0.05) is 23.1 Å². The molecule has 43 heavy (non-hydrogen) atoms. The van der Waals surface area contributed by atoms with Crippen LogP contribution >= 0.6 is 23.2 Å². The van der Waals surface area contributed by atoms with Crippen LogP contribution in [0.5, 0.6) is 5.75 Å². The zero-order valence-corrected chi connectivity index (χ0v) is 25.4. The molecule has 0 unspecified atom stereocenters. The van der Waals surface area contributed by atoms with Crippen LogP contribution in [0.1, 0.15) is 11.1 Å². The minimum absolute atomic E-state index is 0.0333. The standard InChI is InChI=1S/C32H29Cl2N3O5S/c33-25-16-15-24(27(34)19-25)20-36(43(40,41)26-11-5-2-6-12-26)22-31(38)37-21-30(42-29-14-8-7-13-28(29)37)32(39)35-18-17-23-9-3-1-4-10-23/h1-16,19,30H,17-18,20-22H2,(H,35,39)/t30-/m1/s1. The molecule has 0 spiro atoms. The number of anilines is 1. The predicted octanol–water partition coefficient (Wildman–Crippen LogP) is 5.34. The van der Waals surface area contributed by atoms with Crippen LogP contribution in [-0.4, -0.2) is 50.3 Å². The average Bonchev–Trinajstić information content (AvgIpc) is 3.02. The SMILES string of the molecule is O=C(NCCc1ccccc1)[C@H]1CN(C(=O)CN(Cc2ccc(Cl)cc2Cl)S(=O)(=O)c2ccccc2)c2ccccc2O1. The van der Waals surface area contributed by atoms with Gasteiger partial charge < -0.3 is 15.0 Å². The molecule has 1 N–H and O–H groups in total. The Morgan fingerprint density at radius 1 is 0.907 bits per heavy atom. The number of fused-ring (bicyclic) bond motifs is 1. The third-order valence-electron chi connectivity index (χ3n) is 6.98. The topological polar surface area (TPSA) is 96.0 Å². The number of amides is 2. The Bertz CT molecular complexity index is 1700. The van der Waals surface area contributed by atoms with Crippen molar-refractivity contribution >= 4 is 50.7 Å². The molecule has 4 aromatic carbocycles. The minimum atomic E-state index is -4.12. The van der Waals surface area contributed by atoms with Crippen LogP contribution in [-0.2, 0) is 32.6 Å². The van der Waals surface area contributed by atoms with E-state index in [2.05, 4.69) is 5.32 Å². The van der Waals surface area contributed by atoms with Gasteiger partial charge in [-0.05, 0) is 53.9 Å². The van der Waals surface area contributed by atoms with Gasteiger partial charge in [0.2, 0.25) is 15.9 Å². The molecule has 2 amide bonds. The molecule has 0 fully saturated rings. The minimum Gasteiger partial charge on any atom is -0.477 e. The lowest BCUT2D eigenvalue weighted by Crippen LogP contribution is -2.53. The van der Waals surface area contributed by atoms with E-state index in [9.17, 15) is 18.0 Å². The van der Waals surface area contributed by atoms with Gasteiger partial charge in [0.25, 0.3) is 5.91 Å². The molecule has 1 atom stereocenters. The molecule has 4 aromatic rings. The summed E-state index contributed by atoms with van der Waals surface area (Å²) in [5, 5.41) is 3.57. The maximum absolute atomic E-state index is 13.9. The van der Waals surface area contributed by atoms with Crippen LogP contribution in [0, 0.1) is 0 Å². The number of benzene rings is 4. The van der Waals surface area contributed by atoms with Crippen LogP contribution in [0.15, 0.2) is 108 Å². The average molecular weight is 639 g/mol. The second-order valence-corrected chi connectivity index (χ2v) is 12.7. The molecule has 1 aliphatic heterocycles. The Hall–Kier alpha value is -3.89. The van der Waals surface area contributed by atoms with E-state index >= 15 is 0 Å². The lowest BCUT2D eigenvalue weighted by molar-refractivity contribution is -0.128. The molecule has 11 heteroatoms. The Morgan fingerprint density at radius 2 is 1.58 bits per heavy atom. The monoisotopic (exact) mass is 637 g/mol. The van der Waals surface area contributed by atoms with Gasteiger partial charge in [0.1, 0.15) is 5.75 Å². The third kappa shape index (κ3) is 7.37. The molecule has 0 saturated heterocycles. The fraction of sp³-hybridized carbons (Fsp3) is 0.188. The Morgan fingerprint density at radius 3 is 2.30 bits per heavy atom. The number of nitrogens with zero attached hydrogens (tertiary/aromatic N) is 2. The molecule has 1 aliphatic rings. The van der Waals surface area contributed by atoms with E-state index in [1.54, 1.807) is 54.6 Å². The van der Waals surface area contributed by atoms with Crippen molar-refractivity contribution in [2.45, 2.75) is 24.0 Å². The van der Waals surface area contributed by atoms with Gasteiger partial charge >= 0.3 is 0 Å². The summed E-state index contributed by atoms with van der Waals surface area (Å²) >= 11 is 12.4. The largest absolute Gasteiger partial charge is 0.477 e. The summed E-state index contributed by atoms with van der Waals surface area (Å²) in [7, 11) is -4.12. The molecular weight excluding hydrogens is 609 g/mol. The molecular formula is C32H29Cl2N3O5S. The summed E-state index contributed by atoms with van der Waals surface area (Å²) < 4.78 is 34.6. The summed E-state index contributed by atoms with van der Waals surface area (Å²) in [5.74, 6) is -0.545. The number of carbonyl (C=O) groups excluding carboxylic acids is 2. The highest BCUT2D eigenvalue weighted by molar-refractivity contribution is 7.89. The van der Waals surface area contributed by atoms with Crippen molar-refractivity contribution in [2.24, 2.45) is 0 Å². The van der Waals surface area contributed by atoms with Crippen molar-refractivity contribution in [1.29, 1.82) is 0 Å². The van der Waals surface area contributed by atoms with Gasteiger partial charge in [-0.1, -0.05) is 89.9 Å². The number of nitrogens with one attached hydrogen (secondary N) is 1. The highest BCUT2D eigenvalue weighted by Gasteiger charge is 2.36. The van der Waals surface area contributed by atoms with Gasteiger partial charge in [-0.15, -0.1) is 0 Å². The van der Waals surface area contributed by atoms with Crippen LogP contribution in [0.4, 0.5) is 5.69 Å². The number of hydrogen-bond donors (Lipinski definition) is 1. The number of para-hydroxylation sites is 2. The summed E-state index contributed by atoms with van der Waals surface area (Å²) in [4.78, 5) is 28.5. The zero-order valence-electron chi connectivity index (χ0n) is 23.0. The van der Waals surface area contributed by atoms with Crippen molar-refractivity contribution in [3.05, 3.63) is 124 Å². The summed E-state index contributed by atoms with van der Waals surface area (Å²) in [6, 6.07) is 29.2. The number of rotatable bonds is 10. The third-order valence-corrected chi connectivity index (χ3v) is 9.37. The fourth-order valence-electron chi connectivity index (χ4n) is 4.74. The highest BCUT2D eigenvalue weighted by Crippen LogP contribution is 2.34. The number of ether oxygens (including phenoxy) is 1. The maximum Gasteiger partial charge on any atom is 0.262 e. The summed E-state index contributed by atoms with van der Waals surface area (Å²) in [5.41, 5.74) is 2.01. The highest BCUT2D eigenvalue weighted by atomic mass is 35.5. The Kier molecular flexibility index (Phi) is 9.67. The van der Waals surface area contributed by atoms with Gasteiger partial charge in [-0.25, -0.2) is 8.42 Å². The first-order valence-electron chi connectivity index (χ1n) is 13.6. The smallest absolute Gasteiger partial charge is 0.262 e. The van der Waals surface area contributed by atoms with Crippen molar-refractivity contribution in [3.63, 3.8) is 0 Å². The fourth-order valence-corrected chi connectivity index (χ4v) is 6.60. The van der Waals surface area contributed by atoms with Crippen LogP contribution in [0.3, 0.4) is 0 Å². The van der Waals surface area contributed by atoms with E-state index in [-0.39, 0.29) is 28.9 Å². The molecule has 0 aromatic heterocycles. The van der Waals surface area contributed by atoms with Crippen LogP contribution in [0.25, 0.3) is 0 Å². The lowest BCUT2D eigenvalue weighted by Gasteiger charge is -2.35. The lowest BCUT2D eigenvalue weighted by atomic mass is 10.1. The molecule has 1 heterocycles. The van der Waals surface area contributed by atoms with Crippen molar-refractivity contribution in [3.8, 4) is 5.75 Å². The Labute approximate surface area is 260 Å². The van der Waals surface area contributed by atoms with E-state index in [1.807, 2.05) is 30.3 Å². The number of hydrogen-bond acceptors (Lipinski definition) is 5.